The molecule has 5 rings (SSSR count). The van der Waals surface area contributed by atoms with Gasteiger partial charge in [0.2, 0.25) is 11.9 Å². The van der Waals surface area contributed by atoms with Gasteiger partial charge in [0.1, 0.15) is 12.7 Å². The number of anilines is 1. The Morgan fingerprint density at radius 2 is 2.10 bits per heavy atom. The number of nitrogens with zero attached hydrogens (tertiary/aromatic N) is 4. The van der Waals surface area contributed by atoms with Crippen LogP contribution in [0.2, 0.25) is 0 Å². The first-order valence-corrected chi connectivity index (χ1v) is 9.28. The Labute approximate surface area is 171 Å². The van der Waals surface area contributed by atoms with Crippen LogP contribution in [0.5, 0.6) is 0 Å². The average Bonchev–Trinajstić information content (AvgIpc) is 3.12. The molecule has 1 aliphatic heterocycles. The number of hydrogen-bond donors (Lipinski definition) is 2. The number of nitrogens with one attached hydrogen (secondary N) is 2. The third kappa shape index (κ3) is 3.18. The SMILES string of the molecule is O=C(CN1CC2(C[C@H]2F)c2cc(C(F)(F)F)ccc2C1=O)Nc1ncc2cn[nH]c2n1. The molecule has 2 N–H and O–H groups in total. The van der Waals surface area contributed by atoms with Crippen molar-refractivity contribution in [3.63, 3.8) is 0 Å². The number of hydrogen-bond acceptors (Lipinski definition) is 5. The molecule has 2 aliphatic rings. The molecule has 1 fully saturated rings. The number of H-pyrrole nitrogens is 1. The van der Waals surface area contributed by atoms with Gasteiger partial charge in [0.15, 0.2) is 5.65 Å². The van der Waals surface area contributed by atoms with Gasteiger partial charge in [-0.2, -0.15) is 23.3 Å². The van der Waals surface area contributed by atoms with Crippen LogP contribution < -0.4 is 5.32 Å². The highest BCUT2D eigenvalue weighted by Crippen LogP contribution is 2.55. The lowest BCUT2D eigenvalue weighted by molar-refractivity contribution is -0.137. The molecular weight excluding hydrogens is 420 g/mol. The van der Waals surface area contributed by atoms with Gasteiger partial charge in [-0.25, -0.2) is 9.37 Å². The van der Waals surface area contributed by atoms with Crippen molar-refractivity contribution >= 4 is 28.8 Å². The summed E-state index contributed by atoms with van der Waals surface area (Å²) in [5, 5.41) is 9.53. The van der Waals surface area contributed by atoms with Crippen molar-refractivity contribution in [1.82, 2.24) is 25.1 Å². The number of fused-ring (bicyclic) bond motifs is 3. The minimum atomic E-state index is -4.60. The lowest BCUT2D eigenvalue weighted by Crippen LogP contribution is -2.47. The molecule has 2 amide bonds. The zero-order valence-electron chi connectivity index (χ0n) is 15.7. The van der Waals surface area contributed by atoms with Crippen LogP contribution in [0, 0.1) is 0 Å². The third-order valence-corrected chi connectivity index (χ3v) is 5.63. The van der Waals surface area contributed by atoms with Crippen LogP contribution in [0.3, 0.4) is 0 Å². The first-order chi connectivity index (χ1) is 14.7. The van der Waals surface area contributed by atoms with Crippen molar-refractivity contribution in [3.8, 4) is 0 Å². The highest BCUT2D eigenvalue weighted by molar-refractivity contribution is 6.01. The summed E-state index contributed by atoms with van der Waals surface area (Å²) in [6.07, 6.45) is -3.04. The lowest BCUT2D eigenvalue weighted by Gasteiger charge is -2.34. The van der Waals surface area contributed by atoms with Gasteiger partial charge in [0, 0.05) is 23.7 Å². The fourth-order valence-corrected chi connectivity index (χ4v) is 3.95. The monoisotopic (exact) mass is 434 g/mol. The smallest absolute Gasteiger partial charge is 0.328 e. The first-order valence-electron chi connectivity index (χ1n) is 9.28. The Balaban J connectivity index is 1.38. The standard InChI is InChI=1S/C19H14F4N6O2/c20-13-4-18(13)8-29(16(31)11-2-1-10(3-12(11)18)19(21,22)23)7-14(30)26-17-24-5-9-6-25-28-15(9)27-17/h1-3,5-6,13H,4,7-8H2,(H2,24,25,26,27,28,30)/t13-,18?/m1/s1. The predicted octanol–water partition coefficient (Wildman–Crippen LogP) is 2.45. The molecule has 2 atom stereocenters. The maximum absolute atomic E-state index is 14.3. The number of carbonyl (C=O) groups is 2. The molecule has 3 aromatic rings. The second kappa shape index (κ2) is 6.46. The number of alkyl halides is 4. The van der Waals surface area contributed by atoms with Crippen LogP contribution in [-0.4, -0.2) is 56.1 Å². The number of rotatable bonds is 3. The van der Waals surface area contributed by atoms with E-state index < -0.39 is 41.7 Å². The van der Waals surface area contributed by atoms with Crippen molar-refractivity contribution in [3.05, 3.63) is 47.3 Å². The summed E-state index contributed by atoms with van der Waals surface area (Å²) in [5.74, 6) is -1.26. The molecule has 1 spiro atoms. The van der Waals surface area contributed by atoms with Gasteiger partial charge < -0.3 is 4.90 Å². The molecule has 31 heavy (non-hydrogen) atoms. The van der Waals surface area contributed by atoms with E-state index in [1.54, 1.807) is 0 Å². The summed E-state index contributed by atoms with van der Waals surface area (Å²) in [7, 11) is 0. The van der Waals surface area contributed by atoms with E-state index in [2.05, 4.69) is 25.5 Å². The summed E-state index contributed by atoms with van der Waals surface area (Å²) in [6, 6.07) is 2.68. The first kappa shape index (κ1) is 19.4. The molecule has 160 valence electrons. The second-order valence-corrected chi connectivity index (χ2v) is 7.66. The summed E-state index contributed by atoms with van der Waals surface area (Å²) >= 11 is 0. The van der Waals surface area contributed by atoms with Gasteiger partial charge in [-0.05, 0) is 30.2 Å². The Hall–Kier alpha value is -3.57. The molecule has 0 saturated heterocycles. The fraction of sp³-hybridized carbons (Fsp3) is 0.316. The van der Waals surface area contributed by atoms with Crippen molar-refractivity contribution in [1.29, 1.82) is 0 Å². The van der Waals surface area contributed by atoms with E-state index in [-0.39, 0.29) is 30.0 Å². The number of benzene rings is 1. The van der Waals surface area contributed by atoms with Crippen LogP contribution in [0.25, 0.3) is 11.0 Å². The lowest BCUT2D eigenvalue weighted by atomic mass is 9.85. The molecule has 0 radical (unpaired) electrons. The van der Waals surface area contributed by atoms with Crippen LogP contribution in [0.1, 0.15) is 27.9 Å². The number of halogens is 4. The molecule has 0 bridgehead atoms. The Kier molecular flexibility index (Phi) is 4.04. The van der Waals surface area contributed by atoms with Gasteiger partial charge in [-0.3, -0.25) is 20.0 Å². The highest BCUT2D eigenvalue weighted by Gasteiger charge is 2.61. The number of aromatic amines is 1. The Morgan fingerprint density at radius 3 is 2.81 bits per heavy atom. The average molecular weight is 434 g/mol. The molecule has 1 saturated carbocycles. The largest absolute Gasteiger partial charge is 0.416 e. The van der Waals surface area contributed by atoms with Gasteiger partial charge >= 0.3 is 6.18 Å². The Morgan fingerprint density at radius 1 is 1.32 bits per heavy atom. The number of carbonyl (C=O) groups excluding carboxylic acids is 2. The minimum Gasteiger partial charge on any atom is -0.328 e. The molecule has 1 aliphatic carbocycles. The van der Waals surface area contributed by atoms with Crippen molar-refractivity contribution in [2.45, 2.75) is 24.2 Å². The Bertz CT molecular complexity index is 1230. The number of amides is 2. The van der Waals surface area contributed by atoms with Crippen molar-refractivity contribution in [2.75, 3.05) is 18.4 Å². The summed E-state index contributed by atoms with van der Waals surface area (Å²) in [5.41, 5.74) is -1.73. The van der Waals surface area contributed by atoms with Gasteiger partial charge in [0.05, 0.1) is 17.1 Å². The molecule has 12 heteroatoms. The topological polar surface area (TPSA) is 104 Å². The van der Waals surface area contributed by atoms with Crippen molar-refractivity contribution < 1.29 is 27.2 Å². The third-order valence-electron chi connectivity index (χ3n) is 5.63. The van der Waals surface area contributed by atoms with Crippen LogP contribution in [0.4, 0.5) is 23.5 Å². The number of aromatic nitrogens is 4. The quantitative estimate of drug-likeness (QED) is 0.617. The molecule has 2 aromatic heterocycles. The van der Waals surface area contributed by atoms with E-state index in [0.29, 0.717) is 11.0 Å². The molecular formula is C19H14F4N6O2. The molecule has 1 unspecified atom stereocenters. The maximum atomic E-state index is 14.3. The molecule has 8 nitrogen and oxygen atoms in total. The minimum absolute atomic E-state index is 0.00763. The second-order valence-electron chi connectivity index (χ2n) is 7.66. The summed E-state index contributed by atoms with van der Waals surface area (Å²) in [6.45, 7) is -0.604. The van der Waals surface area contributed by atoms with Crippen LogP contribution in [-0.2, 0) is 16.4 Å². The van der Waals surface area contributed by atoms with Gasteiger partial charge in [0.25, 0.3) is 5.91 Å². The van der Waals surface area contributed by atoms with Crippen molar-refractivity contribution in [2.24, 2.45) is 0 Å². The summed E-state index contributed by atoms with van der Waals surface area (Å²) in [4.78, 5) is 34.5. The highest BCUT2D eigenvalue weighted by atomic mass is 19.4. The van der Waals surface area contributed by atoms with E-state index in [1.807, 2.05) is 0 Å². The normalized spacial score (nSPS) is 22.6. The zero-order chi connectivity index (χ0) is 22.0. The zero-order valence-corrected chi connectivity index (χ0v) is 15.7. The van der Waals surface area contributed by atoms with E-state index >= 15 is 0 Å². The van der Waals surface area contributed by atoms with Crippen LogP contribution in [0.15, 0.2) is 30.6 Å². The van der Waals surface area contributed by atoms with Gasteiger partial charge in [-0.15, -0.1) is 0 Å². The van der Waals surface area contributed by atoms with E-state index in [4.69, 9.17) is 0 Å². The predicted molar refractivity (Wildman–Crippen MR) is 98.9 cm³/mol. The molecule has 3 heterocycles. The van der Waals surface area contributed by atoms with E-state index in [1.165, 1.54) is 12.4 Å². The summed E-state index contributed by atoms with van der Waals surface area (Å²) < 4.78 is 53.6. The van der Waals surface area contributed by atoms with Gasteiger partial charge in [-0.1, -0.05) is 0 Å². The van der Waals surface area contributed by atoms with E-state index in [9.17, 15) is 27.2 Å². The maximum Gasteiger partial charge on any atom is 0.416 e. The van der Waals surface area contributed by atoms with Crippen LogP contribution >= 0.6 is 0 Å². The molecule has 1 aromatic carbocycles. The van der Waals surface area contributed by atoms with E-state index in [0.717, 1.165) is 23.1 Å². The fourth-order valence-electron chi connectivity index (χ4n) is 3.95.